The fraction of sp³-hybridized carbons (Fsp3) is 0.538. The number of rotatable bonds is 3. The van der Waals surface area contributed by atoms with E-state index in [0.29, 0.717) is 12.0 Å². The Morgan fingerprint density at radius 2 is 2.40 bits per heavy atom. The van der Waals surface area contributed by atoms with E-state index in [1.807, 2.05) is 0 Å². The molecule has 1 saturated heterocycles. The number of anilines is 1. The molecule has 20 heavy (non-hydrogen) atoms. The second kappa shape index (κ2) is 6.05. The van der Waals surface area contributed by atoms with Crippen LogP contribution in [0.4, 0.5) is 5.82 Å². The molecule has 0 bridgehead atoms. The highest BCUT2D eigenvalue weighted by Crippen LogP contribution is 2.27. The van der Waals surface area contributed by atoms with E-state index in [9.17, 15) is 9.90 Å². The molecule has 1 fully saturated rings. The summed E-state index contributed by atoms with van der Waals surface area (Å²) in [5, 5.41) is 18.8. The highest BCUT2D eigenvalue weighted by Gasteiger charge is 2.35. The Hall–Kier alpha value is -1.88. The van der Waals surface area contributed by atoms with Gasteiger partial charge in [0.25, 0.3) is 0 Å². The van der Waals surface area contributed by atoms with Crippen molar-refractivity contribution in [3.63, 3.8) is 0 Å². The van der Waals surface area contributed by atoms with Crippen molar-refractivity contribution in [2.75, 3.05) is 12.3 Å². The van der Waals surface area contributed by atoms with Gasteiger partial charge in [-0.3, -0.25) is 4.57 Å². The molecule has 2 heterocycles. The molecule has 1 aliphatic rings. The first kappa shape index (κ1) is 14.5. The van der Waals surface area contributed by atoms with E-state index in [0.717, 1.165) is 0 Å². The number of nitrogens with two attached hydrogens (primary N) is 1. The molecule has 0 amide bonds. The summed E-state index contributed by atoms with van der Waals surface area (Å²) in [6, 6.07) is 0. The van der Waals surface area contributed by atoms with Crippen LogP contribution in [-0.2, 0) is 11.2 Å². The highest BCUT2D eigenvalue weighted by molar-refractivity contribution is 5.39. The lowest BCUT2D eigenvalue weighted by atomic mass is 10.2. The van der Waals surface area contributed by atoms with E-state index >= 15 is 0 Å². The summed E-state index contributed by atoms with van der Waals surface area (Å²) in [5.41, 5.74) is 5.77. The molecule has 0 aromatic carbocycles. The van der Waals surface area contributed by atoms with Crippen LogP contribution in [0, 0.1) is 11.8 Å². The minimum absolute atomic E-state index is 0.145. The molecule has 1 aliphatic heterocycles. The van der Waals surface area contributed by atoms with Gasteiger partial charge in [-0.15, -0.1) is 5.92 Å². The van der Waals surface area contributed by atoms with Crippen LogP contribution >= 0.6 is 0 Å². The molecule has 0 aliphatic carbocycles. The van der Waals surface area contributed by atoms with Crippen molar-refractivity contribution in [2.45, 2.75) is 38.2 Å². The predicted octanol–water partition coefficient (Wildman–Crippen LogP) is -0.968. The third kappa shape index (κ3) is 2.82. The molecule has 4 N–H and O–H groups in total. The molecule has 0 spiro atoms. The number of hydrogen-bond acceptors (Lipinski definition) is 6. The number of nitrogen functional groups attached to an aromatic ring is 1. The number of nitrogens with zero attached hydrogens (tertiary/aromatic N) is 2. The van der Waals surface area contributed by atoms with Crippen LogP contribution in [0.25, 0.3) is 0 Å². The van der Waals surface area contributed by atoms with Crippen LogP contribution in [0.15, 0.2) is 11.0 Å². The summed E-state index contributed by atoms with van der Waals surface area (Å²) in [6.07, 6.45) is -0.0106. The summed E-state index contributed by atoms with van der Waals surface area (Å²) in [7, 11) is 0. The Labute approximate surface area is 116 Å². The molecular weight excluding hydrogens is 262 g/mol. The Morgan fingerprint density at radius 3 is 3.00 bits per heavy atom. The van der Waals surface area contributed by atoms with Gasteiger partial charge in [-0.25, -0.2) is 4.79 Å². The van der Waals surface area contributed by atoms with Gasteiger partial charge in [0.05, 0.1) is 12.7 Å². The summed E-state index contributed by atoms with van der Waals surface area (Å²) in [6.45, 7) is 1.41. The largest absolute Gasteiger partial charge is 0.394 e. The van der Waals surface area contributed by atoms with Crippen molar-refractivity contribution in [1.82, 2.24) is 9.55 Å². The van der Waals surface area contributed by atoms with Gasteiger partial charge < -0.3 is 20.7 Å². The number of ether oxygens (including phenoxy) is 1. The lowest BCUT2D eigenvalue weighted by Crippen LogP contribution is -2.29. The standard InChI is InChI=1S/C13H17N3O4/c1-2-3-4-8-6-16(13(19)15-12(8)14)11-5-9(18)10(7-17)20-11/h6,9-11,17-18H,4-5,7H2,1H3,(H2,14,15,19)/t9-,10+,11+/m0/s1. The topological polar surface area (TPSA) is 111 Å². The van der Waals surface area contributed by atoms with E-state index in [4.69, 9.17) is 15.6 Å². The minimum atomic E-state index is -0.812. The highest BCUT2D eigenvalue weighted by atomic mass is 16.5. The summed E-state index contributed by atoms with van der Waals surface area (Å²) in [5.74, 6) is 5.75. The van der Waals surface area contributed by atoms with E-state index < -0.39 is 24.1 Å². The third-order valence-corrected chi connectivity index (χ3v) is 3.21. The zero-order chi connectivity index (χ0) is 14.7. The van der Waals surface area contributed by atoms with E-state index in [2.05, 4.69) is 16.8 Å². The second-order valence-corrected chi connectivity index (χ2v) is 4.56. The molecule has 2 rings (SSSR count). The van der Waals surface area contributed by atoms with Crippen molar-refractivity contribution in [3.05, 3.63) is 22.2 Å². The molecule has 0 unspecified atom stereocenters. The van der Waals surface area contributed by atoms with Gasteiger partial charge >= 0.3 is 5.69 Å². The van der Waals surface area contributed by atoms with Gasteiger partial charge in [0.15, 0.2) is 0 Å². The van der Waals surface area contributed by atoms with Gasteiger partial charge in [-0.2, -0.15) is 4.98 Å². The van der Waals surface area contributed by atoms with Crippen LogP contribution in [0.2, 0.25) is 0 Å². The smallest absolute Gasteiger partial charge is 0.351 e. The van der Waals surface area contributed by atoms with Gasteiger partial charge in [-0.05, 0) is 6.92 Å². The Morgan fingerprint density at radius 1 is 1.65 bits per heavy atom. The molecular formula is C13H17N3O4. The second-order valence-electron chi connectivity index (χ2n) is 4.56. The molecule has 0 radical (unpaired) electrons. The lowest BCUT2D eigenvalue weighted by Gasteiger charge is -2.15. The van der Waals surface area contributed by atoms with Crippen molar-refractivity contribution in [2.24, 2.45) is 0 Å². The average Bonchev–Trinajstić information content (AvgIpc) is 2.79. The third-order valence-electron chi connectivity index (χ3n) is 3.21. The fourth-order valence-electron chi connectivity index (χ4n) is 2.10. The van der Waals surface area contributed by atoms with Gasteiger partial charge in [0, 0.05) is 24.6 Å². The Bertz CT molecular complexity index is 602. The average molecular weight is 279 g/mol. The van der Waals surface area contributed by atoms with E-state index in [1.54, 1.807) is 13.1 Å². The predicted molar refractivity (Wildman–Crippen MR) is 71.7 cm³/mol. The maximum atomic E-state index is 11.9. The summed E-state index contributed by atoms with van der Waals surface area (Å²) in [4.78, 5) is 15.6. The molecule has 7 heteroatoms. The first-order valence-corrected chi connectivity index (χ1v) is 6.28. The summed E-state index contributed by atoms with van der Waals surface area (Å²) >= 11 is 0. The maximum absolute atomic E-state index is 11.9. The zero-order valence-corrected chi connectivity index (χ0v) is 11.1. The molecule has 1 aromatic rings. The Kier molecular flexibility index (Phi) is 4.39. The number of hydrogen-bond donors (Lipinski definition) is 3. The number of aliphatic hydroxyl groups is 2. The number of aliphatic hydroxyl groups excluding tert-OH is 2. The minimum Gasteiger partial charge on any atom is -0.394 e. The molecule has 7 nitrogen and oxygen atoms in total. The van der Waals surface area contributed by atoms with Crippen LogP contribution in [0.3, 0.4) is 0 Å². The SMILES string of the molecule is CC#CCc1cn([C@H]2C[C@H](O)[C@@H](CO)O2)c(=O)nc1N. The molecule has 108 valence electrons. The van der Waals surface area contributed by atoms with Crippen molar-refractivity contribution < 1.29 is 14.9 Å². The normalized spacial score (nSPS) is 25.2. The quantitative estimate of drug-likeness (QED) is 0.614. The van der Waals surface area contributed by atoms with Crippen LogP contribution < -0.4 is 11.4 Å². The molecule has 1 aromatic heterocycles. The van der Waals surface area contributed by atoms with Crippen molar-refractivity contribution >= 4 is 5.82 Å². The van der Waals surface area contributed by atoms with Crippen LogP contribution in [0.5, 0.6) is 0 Å². The van der Waals surface area contributed by atoms with Gasteiger partial charge in [0.2, 0.25) is 0 Å². The first-order valence-electron chi connectivity index (χ1n) is 6.28. The monoisotopic (exact) mass is 279 g/mol. The number of aromatic nitrogens is 2. The maximum Gasteiger partial charge on any atom is 0.351 e. The fourth-order valence-corrected chi connectivity index (χ4v) is 2.10. The molecule has 3 atom stereocenters. The van der Waals surface area contributed by atoms with Crippen LogP contribution in [-0.4, -0.2) is 38.6 Å². The van der Waals surface area contributed by atoms with Crippen molar-refractivity contribution in [3.8, 4) is 11.8 Å². The molecule has 0 saturated carbocycles. The van der Waals surface area contributed by atoms with E-state index in [-0.39, 0.29) is 18.8 Å². The lowest BCUT2D eigenvalue weighted by molar-refractivity contribution is -0.0459. The first-order chi connectivity index (χ1) is 9.56. The van der Waals surface area contributed by atoms with Crippen molar-refractivity contribution in [1.29, 1.82) is 0 Å². The van der Waals surface area contributed by atoms with Gasteiger partial charge in [0.1, 0.15) is 18.1 Å². The summed E-state index contributed by atoms with van der Waals surface area (Å²) < 4.78 is 6.71. The van der Waals surface area contributed by atoms with E-state index in [1.165, 1.54) is 4.57 Å². The Balaban J connectivity index is 2.31. The van der Waals surface area contributed by atoms with Gasteiger partial charge in [-0.1, -0.05) is 5.92 Å². The zero-order valence-electron chi connectivity index (χ0n) is 11.1. The van der Waals surface area contributed by atoms with Crippen LogP contribution in [0.1, 0.15) is 25.1 Å².